The zero-order valence-electron chi connectivity index (χ0n) is 20.1. The maximum Gasteiger partial charge on any atom is 0.234 e. The molecule has 3 rings (SSSR count). The van der Waals surface area contributed by atoms with E-state index in [4.69, 9.17) is 25.8 Å². The number of hydrogen-bond acceptors (Lipinski definition) is 7. The molecule has 0 aliphatic rings. The number of rotatable bonds is 10. The number of ether oxygens (including phenoxy) is 3. The van der Waals surface area contributed by atoms with Gasteiger partial charge in [0.05, 0.1) is 30.7 Å². The van der Waals surface area contributed by atoms with Crippen LogP contribution in [0.4, 0.5) is 5.69 Å². The van der Waals surface area contributed by atoms with Crippen LogP contribution in [-0.4, -0.2) is 40.6 Å². The smallest absolute Gasteiger partial charge is 0.234 e. The standard InChI is InChI=1S/C24H29ClN4O4S/c1-14(2)16-7-9-17(10-8-16)33-15(3)23-27-28-24(29(23)4)34-13-22(30)26-19-12-20(31-5)18(25)11-21(19)32-6/h7-12,14-15H,13H2,1-6H3,(H,26,30). The lowest BCUT2D eigenvalue weighted by Gasteiger charge is -2.15. The summed E-state index contributed by atoms with van der Waals surface area (Å²) in [7, 11) is 4.86. The highest BCUT2D eigenvalue weighted by atomic mass is 35.5. The van der Waals surface area contributed by atoms with Crippen molar-refractivity contribution in [2.75, 3.05) is 25.3 Å². The van der Waals surface area contributed by atoms with Gasteiger partial charge in [-0.3, -0.25) is 4.79 Å². The van der Waals surface area contributed by atoms with E-state index in [-0.39, 0.29) is 17.8 Å². The number of halogens is 1. The number of amides is 1. The molecule has 8 nitrogen and oxygen atoms in total. The van der Waals surface area contributed by atoms with Gasteiger partial charge in [0.25, 0.3) is 0 Å². The molecule has 1 atom stereocenters. The minimum atomic E-state index is -0.309. The van der Waals surface area contributed by atoms with Crippen molar-refractivity contribution in [3.05, 3.63) is 52.8 Å². The van der Waals surface area contributed by atoms with Crippen molar-refractivity contribution in [2.45, 2.75) is 37.9 Å². The van der Waals surface area contributed by atoms with E-state index in [1.807, 2.05) is 30.7 Å². The van der Waals surface area contributed by atoms with Crippen LogP contribution >= 0.6 is 23.4 Å². The van der Waals surface area contributed by atoms with Crippen LogP contribution in [0, 0.1) is 0 Å². The number of methoxy groups -OCH3 is 2. The van der Waals surface area contributed by atoms with E-state index in [2.05, 4.69) is 41.5 Å². The highest BCUT2D eigenvalue weighted by Crippen LogP contribution is 2.36. The molecular formula is C24H29ClN4O4S. The number of anilines is 1. The molecule has 1 N–H and O–H groups in total. The first kappa shape index (κ1) is 25.7. The summed E-state index contributed by atoms with van der Waals surface area (Å²) in [6, 6.07) is 11.3. The lowest BCUT2D eigenvalue weighted by Crippen LogP contribution is -2.15. The molecule has 0 spiro atoms. The molecule has 1 aromatic heterocycles. The zero-order valence-corrected chi connectivity index (χ0v) is 21.7. The predicted octanol–water partition coefficient (Wildman–Crippen LogP) is 5.48. The van der Waals surface area contributed by atoms with Crippen molar-refractivity contribution in [2.24, 2.45) is 7.05 Å². The van der Waals surface area contributed by atoms with Crippen LogP contribution in [0.15, 0.2) is 41.6 Å². The third kappa shape index (κ3) is 6.15. The first-order chi connectivity index (χ1) is 16.2. The molecule has 1 unspecified atom stereocenters. The van der Waals surface area contributed by atoms with Gasteiger partial charge >= 0.3 is 0 Å². The minimum Gasteiger partial charge on any atom is -0.495 e. The lowest BCUT2D eigenvalue weighted by atomic mass is 10.0. The Morgan fingerprint density at radius 3 is 2.38 bits per heavy atom. The van der Waals surface area contributed by atoms with Crippen molar-refractivity contribution in [3.8, 4) is 17.2 Å². The summed E-state index contributed by atoms with van der Waals surface area (Å²) < 4.78 is 18.4. The Bertz CT molecular complexity index is 1130. The Kier molecular flexibility index (Phi) is 8.68. The van der Waals surface area contributed by atoms with Crippen molar-refractivity contribution >= 4 is 35.0 Å². The maximum absolute atomic E-state index is 12.6. The molecule has 1 heterocycles. The highest BCUT2D eigenvalue weighted by molar-refractivity contribution is 7.99. The summed E-state index contributed by atoms with van der Waals surface area (Å²) in [5, 5.41) is 12.3. The average molecular weight is 505 g/mol. The van der Waals surface area contributed by atoms with Crippen molar-refractivity contribution in [1.82, 2.24) is 14.8 Å². The van der Waals surface area contributed by atoms with E-state index in [0.29, 0.717) is 39.1 Å². The van der Waals surface area contributed by atoms with E-state index in [9.17, 15) is 4.79 Å². The first-order valence-corrected chi connectivity index (χ1v) is 12.1. The van der Waals surface area contributed by atoms with Gasteiger partial charge < -0.3 is 24.1 Å². The summed E-state index contributed by atoms with van der Waals surface area (Å²) in [6.07, 6.45) is -0.309. The summed E-state index contributed by atoms with van der Waals surface area (Å²) in [4.78, 5) is 12.6. The second-order valence-electron chi connectivity index (χ2n) is 7.91. The largest absolute Gasteiger partial charge is 0.495 e. The van der Waals surface area contributed by atoms with Crippen LogP contribution < -0.4 is 19.5 Å². The Morgan fingerprint density at radius 1 is 1.09 bits per heavy atom. The van der Waals surface area contributed by atoms with Gasteiger partial charge in [0.15, 0.2) is 17.1 Å². The fraction of sp³-hybridized carbons (Fsp3) is 0.375. The molecule has 0 bridgehead atoms. The lowest BCUT2D eigenvalue weighted by molar-refractivity contribution is -0.113. The molecule has 34 heavy (non-hydrogen) atoms. The third-order valence-electron chi connectivity index (χ3n) is 5.17. The number of hydrogen-bond donors (Lipinski definition) is 1. The summed E-state index contributed by atoms with van der Waals surface area (Å²) in [5.41, 5.74) is 1.73. The molecule has 182 valence electrons. The topological polar surface area (TPSA) is 87.5 Å². The van der Waals surface area contributed by atoms with Crippen molar-refractivity contribution in [1.29, 1.82) is 0 Å². The molecule has 0 saturated heterocycles. The molecular weight excluding hydrogens is 476 g/mol. The second-order valence-corrected chi connectivity index (χ2v) is 9.26. The molecule has 10 heteroatoms. The van der Waals surface area contributed by atoms with Gasteiger partial charge in [0, 0.05) is 19.2 Å². The molecule has 0 fully saturated rings. The van der Waals surface area contributed by atoms with Crippen LogP contribution in [0.3, 0.4) is 0 Å². The highest BCUT2D eigenvalue weighted by Gasteiger charge is 2.19. The van der Waals surface area contributed by atoms with Crippen LogP contribution in [0.5, 0.6) is 17.2 Å². The molecule has 0 aliphatic carbocycles. The second kappa shape index (κ2) is 11.5. The van der Waals surface area contributed by atoms with Gasteiger partial charge in [0.2, 0.25) is 5.91 Å². The molecule has 1 amide bonds. The number of aromatic nitrogens is 3. The van der Waals surface area contributed by atoms with Gasteiger partial charge in [-0.15, -0.1) is 10.2 Å². The fourth-order valence-electron chi connectivity index (χ4n) is 3.27. The van der Waals surface area contributed by atoms with Gasteiger partial charge in [-0.2, -0.15) is 0 Å². The number of thioether (sulfide) groups is 1. The van der Waals surface area contributed by atoms with Crippen LogP contribution in [-0.2, 0) is 11.8 Å². The SMILES string of the molecule is COc1cc(NC(=O)CSc2nnc(C(C)Oc3ccc(C(C)C)cc3)n2C)c(OC)cc1Cl. The normalized spacial score (nSPS) is 11.9. The number of nitrogens with one attached hydrogen (secondary N) is 1. The van der Waals surface area contributed by atoms with Gasteiger partial charge in [-0.05, 0) is 30.5 Å². The van der Waals surface area contributed by atoms with Crippen molar-refractivity contribution < 1.29 is 19.0 Å². The quantitative estimate of drug-likeness (QED) is 0.366. The average Bonchev–Trinajstić information content (AvgIpc) is 3.19. The van der Waals surface area contributed by atoms with Gasteiger partial charge in [-0.1, -0.05) is 49.3 Å². The predicted molar refractivity (Wildman–Crippen MR) is 134 cm³/mol. The van der Waals surface area contributed by atoms with Gasteiger partial charge in [-0.25, -0.2) is 0 Å². The van der Waals surface area contributed by atoms with E-state index in [1.165, 1.54) is 31.5 Å². The van der Waals surface area contributed by atoms with Crippen LogP contribution in [0.1, 0.15) is 44.2 Å². The van der Waals surface area contributed by atoms with E-state index in [0.717, 1.165) is 5.75 Å². The number of nitrogens with zero attached hydrogens (tertiary/aromatic N) is 3. The van der Waals surface area contributed by atoms with Crippen LogP contribution in [0.2, 0.25) is 5.02 Å². The third-order valence-corrected chi connectivity index (χ3v) is 6.49. The number of carbonyl (C=O) groups is 1. The molecule has 0 aliphatic heterocycles. The minimum absolute atomic E-state index is 0.131. The van der Waals surface area contributed by atoms with E-state index in [1.54, 1.807) is 12.1 Å². The Hall–Kier alpha value is -2.91. The number of benzene rings is 2. The molecule has 0 saturated carbocycles. The monoisotopic (exact) mass is 504 g/mol. The molecule has 2 aromatic carbocycles. The Balaban J connectivity index is 1.61. The fourth-order valence-corrected chi connectivity index (χ4v) is 4.22. The summed E-state index contributed by atoms with van der Waals surface area (Å²) in [6.45, 7) is 6.22. The Morgan fingerprint density at radius 2 is 1.76 bits per heavy atom. The maximum atomic E-state index is 12.6. The number of carbonyl (C=O) groups excluding carboxylic acids is 1. The molecule has 3 aromatic rings. The van der Waals surface area contributed by atoms with Crippen LogP contribution in [0.25, 0.3) is 0 Å². The van der Waals surface area contributed by atoms with Gasteiger partial charge in [0.1, 0.15) is 17.2 Å². The molecule has 0 radical (unpaired) electrons. The van der Waals surface area contributed by atoms with E-state index < -0.39 is 0 Å². The van der Waals surface area contributed by atoms with E-state index >= 15 is 0 Å². The Labute approximate surface area is 209 Å². The summed E-state index contributed by atoms with van der Waals surface area (Å²) in [5.74, 6) is 2.68. The summed E-state index contributed by atoms with van der Waals surface area (Å²) >= 11 is 7.40. The zero-order chi connectivity index (χ0) is 24.8. The first-order valence-electron chi connectivity index (χ1n) is 10.7. The van der Waals surface area contributed by atoms with Crippen molar-refractivity contribution in [3.63, 3.8) is 0 Å².